The van der Waals surface area contributed by atoms with E-state index in [1.54, 1.807) is 0 Å². The Bertz CT molecular complexity index is 581. The molecule has 23 heavy (non-hydrogen) atoms. The number of piperazine rings is 1. The van der Waals surface area contributed by atoms with Crippen LogP contribution in [-0.4, -0.2) is 47.9 Å². The van der Waals surface area contributed by atoms with E-state index in [2.05, 4.69) is 5.32 Å². The summed E-state index contributed by atoms with van der Waals surface area (Å²) in [4.78, 5) is 36.8. The number of halogens is 1. The molecular formula is C15H20ClN3O4. The number of carbonyl (C=O) groups is 3. The third kappa shape index (κ3) is 4.43. The van der Waals surface area contributed by atoms with Gasteiger partial charge in [0.25, 0.3) is 5.91 Å². The van der Waals surface area contributed by atoms with E-state index in [0.29, 0.717) is 13.1 Å². The first kappa shape index (κ1) is 18.9. The lowest BCUT2D eigenvalue weighted by molar-refractivity contribution is -0.156. The van der Waals surface area contributed by atoms with Gasteiger partial charge in [0.1, 0.15) is 13.2 Å². The molecule has 0 aromatic heterocycles. The van der Waals surface area contributed by atoms with Crippen molar-refractivity contribution in [2.45, 2.75) is 19.1 Å². The molecule has 1 heterocycles. The molecule has 0 unspecified atom stereocenters. The van der Waals surface area contributed by atoms with Crippen molar-refractivity contribution in [3.63, 3.8) is 0 Å². The molecule has 1 atom stereocenters. The molecule has 2 rings (SSSR count). The Labute approximate surface area is 140 Å². The minimum absolute atomic E-state index is 0. The number of nitrogens with one attached hydrogen (secondary N) is 1. The number of nitrogens with two attached hydrogens (primary N) is 1. The van der Waals surface area contributed by atoms with Crippen molar-refractivity contribution in [2.24, 2.45) is 5.73 Å². The zero-order chi connectivity index (χ0) is 16.2. The average Bonchev–Trinajstić information content (AvgIpc) is 2.51. The third-order valence-corrected chi connectivity index (χ3v) is 3.63. The van der Waals surface area contributed by atoms with Gasteiger partial charge in [0.05, 0.1) is 0 Å². The summed E-state index contributed by atoms with van der Waals surface area (Å²) in [5, 5.41) is 2.79. The minimum Gasteiger partial charge on any atom is -0.459 e. The summed E-state index contributed by atoms with van der Waals surface area (Å²) in [5.41, 5.74) is 4.65. The maximum atomic E-state index is 12.3. The molecule has 1 aromatic rings. The molecule has 1 saturated heterocycles. The fourth-order valence-corrected chi connectivity index (χ4v) is 2.22. The second-order valence-electron chi connectivity index (χ2n) is 5.29. The molecule has 0 aliphatic carbocycles. The number of esters is 1. The van der Waals surface area contributed by atoms with Crippen LogP contribution in [0.3, 0.4) is 0 Å². The Balaban J connectivity index is 0.00000264. The van der Waals surface area contributed by atoms with Gasteiger partial charge >= 0.3 is 5.97 Å². The molecule has 1 aliphatic rings. The van der Waals surface area contributed by atoms with Crippen LogP contribution in [0.2, 0.25) is 0 Å². The van der Waals surface area contributed by atoms with Gasteiger partial charge in [-0.2, -0.15) is 0 Å². The van der Waals surface area contributed by atoms with Crippen molar-refractivity contribution in [3.8, 4) is 0 Å². The normalized spacial score (nSPS) is 20.6. The Morgan fingerprint density at radius 3 is 2.61 bits per heavy atom. The van der Waals surface area contributed by atoms with E-state index in [-0.39, 0.29) is 25.6 Å². The van der Waals surface area contributed by atoms with Crippen LogP contribution in [0.15, 0.2) is 30.3 Å². The van der Waals surface area contributed by atoms with Crippen molar-refractivity contribution in [3.05, 3.63) is 35.9 Å². The Hall–Kier alpha value is -2.12. The number of nitrogens with zero attached hydrogens (tertiary/aromatic N) is 1. The van der Waals surface area contributed by atoms with E-state index in [4.69, 9.17) is 10.5 Å². The highest BCUT2D eigenvalue weighted by atomic mass is 35.5. The van der Waals surface area contributed by atoms with Crippen molar-refractivity contribution in [2.75, 3.05) is 19.6 Å². The van der Waals surface area contributed by atoms with Crippen molar-refractivity contribution in [1.82, 2.24) is 10.2 Å². The highest BCUT2D eigenvalue weighted by Gasteiger charge is 2.45. The van der Waals surface area contributed by atoms with Gasteiger partial charge in [-0.15, -0.1) is 12.4 Å². The van der Waals surface area contributed by atoms with E-state index in [9.17, 15) is 14.4 Å². The summed E-state index contributed by atoms with van der Waals surface area (Å²) in [5.74, 6) is -1.80. The highest BCUT2D eigenvalue weighted by Crippen LogP contribution is 2.13. The standard InChI is InChI=1S/C15H19N3O4.ClH/c1-15(13(16)20)14(21)18(8-7-17-15)9-12(19)22-10-11-5-3-2-4-6-11;/h2-6,17H,7-10H2,1H3,(H2,16,20);1H/t15-;/m0./s1. The zero-order valence-corrected chi connectivity index (χ0v) is 13.6. The smallest absolute Gasteiger partial charge is 0.325 e. The summed E-state index contributed by atoms with van der Waals surface area (Å²) >= 11 is 0. The van der Waals surface area contributed by atoms with Gasteiger partial charge in [0.15, 0.2) is 5.54 Å². The van der Waals surface area contributed by atoms with E-state index < -0.39 is 23.3 Å². The van der Waals surface area contributed by atoms with Crippen LogP contribution in [0.5, 0.6) is 0 Å². The van der Waals surface area contributed by atoms with Crippen molar-refractivity contribution in [1.29, 1.82) is 0 Å². The Morgan fingerprint density at radius 1 is 1.35 bits per heavy atom. The molecule has 2 amide bonds. The topological polar surface area (TPSA) is 102 Å². The number of amides is 2. The van der Waals surface area contributed by atoms with E-state index in [1.807, 2.05) is 30.3 Å². The predicted molar refractivity (Wildman–Crippen MR) is 85.7 cm³/mol. The maximum absolute atomic E-state index is 12.3. The summed E-state index contributed by atoms with van der Waals surface area (Å²) < 4.78 is 5.14. The van der Waals surface area contributed by atoms with Gasteiger partial charge in [-0.25, -0.2) is 0 Å². The Kier molecular flexibility index (Phi) is 6.53. The van der Waals surface area contributed by atoms with Crippen LogP contribution in [-0.2, 0) is 25.7 Å². The summed E-state index contributed by atoms with van der Waals surface area (Å²) in [6.45, 7) is 2.07. The van der Waals surface area contributed by atoms with Gasteiger partial charge in [-0.1, -0.05) is 30.3 Å². The molecule has 126 valence electrons. The summed E-state index contributed by atoms with van der Waals surface area (Å²) in [6, 6.07) is 9.25. The number of hydrogen-bond acceptors (Lipinski definition) is 5. The molecule has 0 saturated carbocycles. The molecule has 0 spiro atoms. The number of primary amides is 1. The fraction of sp³-hybridized carbons (Fsp3) is 0.400. The highest BCUT2D eigenvalue weighted by molar-refractivity contribution is 6.09. The quantitative estimate of drug-likeness (QED) is 0.572. The second-order valence-corrected chi connectivity index (χ2v) is 5.29. The van der Waals surface area contributed by atoms with Crippen molar-refractivity contribution >= 4 is 30.2 Å². The molecule has 7 nitrogen and oxygen atoms in total. The number of ether oxygens (including phenoxy) is 1. The molecule has 0 bridgehead atoms. The lowest BCUT2D eigenvalue weighted by Gasteiger charge is -2.37. The molecule has 1 aromatic carbocycles. The largest absolute Gasteiger partial charge is 0.459 e. The molecule has 0 radical (unpaired) electrons. The Morgan fingerprint density at radius 2 is 2.00 bits per heavy atom. The minimum atomic E-state index is -1.47. The lowest BCUT2D eigenvalue weighted by Crippen LogP contribution is -2.68. The lowest BCUT2D eigenvalue weighted by atomic mass is 9.97. The fourth-order valence-electron chi connectivity index (χ4n) is 2.22. The van der Waals surface area contributed by atoms with E-state index in [0.717, 1.165) is 5.56 Å². The van der Waals surface area contributed by atoms with Gasteiger partial charge in [0.2, 0.25) is 5.91 Å². The van der Waals surface area contributed by atoms with Gasteiger partial charge in [-0.3, -0.25) is 19.7 Å². The zero-order valence-electron chi connectivity index (χ0n) is 12.8. The number of carbonyl (C=O) groups excluding carboxylic acids is 3. The second kappa shape index (κ2) is 7.94. The number of benzene rings is 1. The average molecular weight is 342 g/mol. The van der Waals surface area contributed by atoms with Gasteiger partial charge in [-0.05, 0) is 12.5 Å². The van der Waals surface area contributed by atoms with Crippen LogP contribution in [0.25, 0.3) is 0 Å². The predicted octanol–water partition coefficient (Wildman–Crippen LogP) is -0.173. The van der Waals surface area contributed by atoms with Crippen LogP contribution in [0.4, 0.5) is 0 Å². The first-order valence-corrected chi connectivity index (χ1v) is 6.97. The number of rotatable bonds is 5. The molecule has 3 N–H and O–H groups in total. The first-order chi connectivity index (χ1) is 10.4. The van der Waals surface area contributed by atoms with Gasteiger partial charge in [0, 0.05) is 13.1 Å². The molecule has 1 fully saturated rings. The van der Waals surface area contributed by atoms with Crippen LogP contribution in [0.1, 0.15) is 12.5 Å². The van der Waals surface area contributed by atoms with Gasteiger partial charge < -0.3 is 15.4 Å². The summed E-state index contributed by atoms with van der Waals surface area (Å²) in [6.07, 6.45) is 0. The number of hydrogen-bond donors (Lipinski definition) is 2. The monoisotopic (exact) mass is 341 g/mol. The van der Waals surface area contributed by atoms with E-state index >= 15 is 0 Å². The third-order valence-electron chi connectivity index (χ3n) is 3.63. The first-order valence-electron chi connectivity index (χ1n) is 6.97. The molecule has 1 aliphatic heterocycles. The van der Waals surface area contributed by atoms with E-state index in [1.165, 1.54) is 11.8 Å². The van der Waals surface area contributed by atoms with Crippen LogP contribution < -0.4 is 11.1 Å². The molecule has 8 heteroatoms. The SMILES string of the molecule is C[C@@]1(C(N)=O)NCCN(CC(=O)OCc2ccccc2)C1=O.Cl. The van der Waals surface area contributed by atoms with Crippen LogP contribution >= 0.6 is 12.4 Å². The maximum Gasteiger partial charge on any atom is 0.325 e. The summed E-state index contributed by atoms with van der Waals surface area (Å²) in [7, 11) is 0. The van der Waals surface area contributed by atoms with Crippen molar-refractivity contribution < 1.29 is 19.1 Å². The molecular weight excluding hydrogens is 322 g/mol. The van der Waals surface area contributed by atoms with Crippen LogP contribution in [0, 0.1) is 0 Å².